The number of anilines is 1. The van der Waals surface area contributed by atoms with E-state index >= 15 is 0 Å². The third-order valence-electron chi connectivity index (χ3n) is 3.47. The maximum Gasteiger partial charge on any atom is 0.376 e. The van der Waals surface area contributed by atoms with Crippen molar-refractivity contribution in [3.05, 3.63) is 18.1 Å². The van der Waals surface area contributed by atoms with Crippen LogP contribution in [0.5, 0.6) is 0 Å². The van der Waals surface area contributed by atoms with Crippen LogP contribution in [0.4, 0.5) is 5.82 Å². The van der Waals surface area contributed by atoms with Gasteiger partial charge in [0.15, 0.2) is 0 Å². The average molecular weight is 265 g/mol. The highest BCUT2D eigenvalue weighted by molar-refractivity contribution is 5.85. The van der Waals surface area contributed by atoms with Crippen molar-refractivity contribution >= 4 is 11.8 Å². The largest absolute Gasteiger partial charge is 0.463 e. The summed E-state index contributed by atoms with van der Waals surface area (Å²) in [6.45, 7) is 0.505. The molecule has 0 bridgehead atoms. The number of hydrogen-bond acceptors (Lipinski definition) is 6. The Balaban J connectivity index is 2.10. The van der Waals surface area contributed by atoms with Crippen LogP contribution in [0.25, 0.3) is 0 Å². The van der Waals surface area contributed by atoms with Crippen LogP contribution in [0, 0.1) is 0 Å². The third kappa shape index (κ3) is 3.20. The molecule has 0 aromatic carbocycles. The quantitative estimate of drug-likeness (QED) is 0.819. The van der Waals surface area contributed by atoms with Crippen LogP contribution in [-0.2, 0) is 4.74 Å². The Morgan fingerprint density at radius 3 is 2.84 bits per heavy atom. The molecule has 0 amide bonds. The SMILES string of the molecule is COC(=O)c1nccc(N(C)CC2(O)CCCC2)n1. The molecular formula is C13H19N3O3. The molecule has 19 heavy (non-hydrogen) atoms. The van der Waals surface area contributed by atoms with Gasteiger partial charge in [-0.25, -0.2) is 14.8 Å². The fourth-order valence-electron chi connectivity index (χ4n) is 2.47. The molecule has 1 aromatic heterocycles. The second-order valence-electron chi connectivity index (χ2n) is 5.02. The lowest BCUT2D eigenvalue weighted by molar-refractivity contribution is 0.0558. The van der Waals surface area contributed by atoms with Crippen molar-refractivity contribution in [2.24, 2.45) is 0 Å². The fraction of sp³-hybridized carbons (Fsp3) is 0.615. The third-order valence-corrected chi connectivity index (χ3v) is 3.47. The van der Waals surface area contributed by atoms with Crippen molar-refractivity contribution in [3.8, 4) is 0 Å². The number of hydrogen-bond donors (Lipinski definition) is 1. The molecule has 0 atom stereocenters. The molecule has 0 aliphatic heterocycles. The van der Waals surface area contributed by atoms with Crippen LogP contribution in [0.2, 0.25) is 0 Å². The first-order valence-electron chi connectivity index (χ1n) is 6.39. The van der Waals surface area contributed by atoms with Gasteiger partial charge < -0.3 is 14.7 Å². The summed E-state index contributed by atoms with van der Waals surface area (Å²) >= 11 is 0. The number of carbonyl (C=O) groups is 1. The van der Waals surface area contributed by atoms with E-state index in [2.05, 4.69) is 14.7 Å². The minimum atomic E-state index is -0.648. The first kappa shape index (κ1) is 13.7. The lowest BCUT2D eigenvalue weighted by Crippen LogP contribution is -2.39. The minimum Gasteiger partial charge on any atom is -0.463 e. The minimum absolute atomic E-state index is 0.0326. The molecule has 1 saturated carbocycles. The first-order valence-corrected chi connectivity index (χ1v) is 6.39. The molecule has 1 aliphatic rings. The number of aliphatic hydroxyl groups is 1. The molecule has 0 spiro atoms. The van der Waals surface area contributed by atoms with E-state index in [0.717, 1.165) is 25.7 Å². The van der Waals surface area contributed by atoms with Crippen LogP contribution in [-0.4, -0.2) is 47.3 Å². The van der Waals surface area contributed by atoms with Crippen molar-refractivity contribution in [2.45, 2.75) is 31.3 Å². The Morgan fingerprint density at radius 2 is 2.21 bits per heavy atom. The molecule has 6 nitrogen and oxygen atoms in total. The summed E-state index contributed by atoms with van der Waals surface area (Å²) in [6, 6.07) is 1.71. The number of carbonyl (C=O) groups excluding carboxylic acids is 1. The summed E-state index contributed by atoms with van der Waals surface area (Å²) < 4.78 is 4.59. The van der Waals surface area contributed by atoms with Gasteiger partial charge in [-0.15, -0.1) is 0 Å². The van der Waals surface area contributed by atoms with Crippen LogP contribution in [0.15, 0.2) is 12.3 Å². The summed E-state index contributed by atoms with van der Waals surface area (Å²) in [5.74, 6) is 0.0795. The van der Waals surface area contributed by atoms with Crippen LogP contribution in [0.3, 0.4) is 0 Å². The van der Waals surface area contributed by atoms with Gasteiger partial charge in [-0.05, 0) is 18.9 Å². The number of rotatable bonds is 4. The predicted molar refractivity (Wildman–Crippen MR) is 70.1 cm³/mol. The Bertz CT molecular complexity index is 458. The lowest BCUT2D eigenvalue weighted by Gasteiger charge is -2.29. The van der Waals surface area contributed by atoms with E-state index in [9.17, 15) is 9.90 Å². The molecule has 0 unspecified atom stereocenters. The standard InChI is InChI=1S/C13H19N3O3/c1-16(9-13(18)6-3-4-7-13)10-5-8-14-11(15-10)12(17)19-2/h5,8,18H,3-4,6-7,9H2,1-2H3. The van der Waals surface area contributed by atoms with Gasteiger partial charge in [-0.3, -0.25) is 0 Å². The molecule has 0 radical (unpaired) electrons. The normalized spacial score (nSPS) is 17.2. The van der Waals surface area contributed by atoms with Crippen LogP contribution < -0.4 is 4.90 Å². The molecule has 0 saturated heterocycles. The average Bonchev–Trinajstić information content (AvgIpc) is 2.84. The van der Waals surface area contributed by atoms with E-state index in [1.54, 1.807) is 6.07 Å². The van der Waals surface area contributed by atoms with Crippen molar-refractivity contribution in [1.29, 1.82) is 0 Å². The maximum atomic E-state index is 11.4. The van der Waals surface area contributed by atoms with E-state index in [1.165, 1.54) is 13.3 Å². The molecular weight excluding hydrogens is 246 g/mol. The Morgan fingerprint density at radius 1 is 1.53 bits per heavy atom. The highest BCUT2D eigenvalue weighted by atomic mass is 16.5. The van der Waals surface area contributed by atoms with Gasteiger partial charge in [0.25, 0.3) is 0 Å². The number of esters is 1. The molecule has 6 heteroatoms. The van der Waals surface area contributed by atoms with Crippen molar-refractivity contribution in [1.82, 2.24) is 9.97 Å². The zero-order valence-electron chi connectivity index (χ0n) is 11.3. The fourth-order valence-corrected chi connectivity index (χ4v) is 2.47. The van der Waals surface area contributed by atoms with Gasteiger partial charge in [-0.2, -0.15) is 0 Å². The van der Waals surface area contributed by atoms with Gasteiger partial charge in [-0.1, -0.05) is 12.8 Å². The van der Waals surface area contributed by atoms with E-state index in [0.29, 0.717) is 12.4 Å². The molecule has 104 valence electrons. The number of methoxy groups -OCH3 is 1. The van der Waals surface area contributed by atoms with Crippen LogP contribution in [0.1, 0.15) is 36.3 Å². The second-order valence-corrected chi connectivity index (χ2v) is 5.02. The number of nitrogens with zero attached hydrogens (tertiary/aromatic N) is 3. The van der Waals surface area contributed by atoms with Gasteiger partial charge in [0, 0.05) is 19.8 Å². The zero-order chi connectivity index (χ0) is 13.9. The van der Waals surface area contributed by atoms with E-state index in [4.69, 9.17) is 0 Å². The van der Waals surface area contributed by atoms with E-state index < -0.39 is 11.6 Å². The summed E-state index contributed by atoms with van der Waals surface area (Å²) in [5.41, 5.74) is -0.648. The van der Waals surface area contributed by atoms with Crippen molar-refractivity contribution in [2.75, 3.05) is 25.6 Å². The highest BCUT2D eigenvalue weighted by Crippen LogP contribution is 2.30. The molecule has 1 N–H and O–H groups in total. The molecule has 2 rings (SSSR count). The smallest absolute Gasteiger partial charge is 0.376 e. The molecule has 1 aromatic rings. The van der Waals surface area contributed by atoms with Gasteiger partial charge in [0.05, 0.1) is 12.7 Å². The number of aromatic nitrogens is 2. The van der Waals surface area contributed by atoms with Gasteiger partial charge >= 0.3 is 5.97 Å². The van der Waals surface area contributed by atoms with E-state index in [-0.39, 0.29) is 5.82 Å². The van der Waals surface area contributed by atoms with Crippen molar-refractivity contribution < 1.29 is 14.6 Å². The first-order chi connectivity index (χ1) is 9.04. The Labute approximate surface area is 112 Å². The number of ether oxygens (including phenoxy) is 1. The van der Waals surface area contributed by atoms with Crippen LogP contribution >= 0.6 is 0 Å². The number of likely N-dealkylation sites (N-methyl/N-ethyl adjacent to an activating group) is 1. The Kier molecular flexibility index (Phi) is 3.99. The summed E-state index contributed by atoms with van der Waals surface area (Å²) in [5, 5.41) is 10.4. The monoisotopic (exact) mass is 265 g/mol. The summed E-state index contributed by atoms with van der Waals surface area (Å²) in [4.78, 5) is 21.2. The topological polar surface area (TPSA) is 75.5 Å². The molecule has 1 heterocycles. The Hall–Kier alpha value is -1.69. The summed E-state index contributed by atoms with van der Waals surface area (Å²) in [6.07, 6.45) is 5.26. The van der Waals surface area contributed by atoms with E-state index in [1.807, 2.05) is 11.9 Å². The highest BCUT2D eigenvalue weighted by Gasteiger charge is 2.32. The maximum absolute atomic E-state index is 11.4. The van der Waals surface area contributed by atoms with Gasteiger partial charge in [0.2, 0.25) is 5.82 Å². The molecule has 1 fully saturated rings. The van der Waals surface area contributed by atoms with Gasteiger partial charge in [0.1, 0.15) is 5.82 Å². The predicted octanol–water partition coefficient (Wildman–Crippen LogP) is 1.00. The van der Waals surface area contributed by atoms with Crippen molar-refractivity contribution in [3.63, 3.8) is 0 Å². The summed E-state index contributed by atoms with van der Waals surface area (Å²) in [7, 11) is 3.14. The molecule has 1 aliphatic carbocycles. The second kappa shape index (κ2) is 5.52. The zero-order valence-corrected chi connectivity index (χ0v) is 11.3. The lowest BCUT2D eigenvalue weighted by atomic mass is 10.0.